The Bertz CT molecular complexity index is 624. The van der Waals surface area contributed by atoms with Gasteiger partial charge in [0.1, 0.15) is 0 Å². The van der Waals surface area contributed by atoms with E-state index in [-0.39, 0.29) is 0 Å². The van der Waals surface area contributed by atoms with Crippen molar-refractivity contribution in [3.63, 3.8) is 0 Å². The maximum absolute atomic E-state index is 5.14. The van der Waals surface area contributed by atoms with Gasteiger partial charge in [0.15, 0.2) is 0 Å². The van der Waals surface area contributed by atoms with Crippen LogP contribution in [-0.4, -0.2) is 9.73 Å². The molecule has 0 saturated carbocycles. The fourth-order valence-corrected chi connectivity index (χ4v) is 1.19. The molecule has 0 radical (unpaired) electrons. The van der Waals surface area contributed by atoms with Gasteiger partial charge in [0.05, 0.1) is 0 Å². The fourth-order valence-electron chi connectivity index (χ4n) is 0.951. The maximum atomic E-state index is 5.14. The van der Waals surface area contributed by atoms with Crippen LogP contribution in [0.2, 0.25) is 0 Å². The zero-order valence-electron chi connectivity index (χ0n) is 11.3. The first-order chi connectivity index (χ1) is 9.02. The zero-order valence-corrected chi connectivity index (χ0v) is 12.9. The first-order valence-corrected chi connectivity index (χ1v) is 6.33. The highest BCUT2D eigenvalue weighted by molar-refractivity contribution is 7.81. The van der Waals surface area contributed by atoms with Crippen molar-refractivity contribution >= 4 is 34.2 Å². The molecule has 2 heteroatoms. The largest absolute Gasteiger partial charge is 0.0925 e. The molecule has 0 bridgehead atoms. The average molecular weight is 282 g/mol. The molecule has 0 nitrogen and oxygen atoms in total. The second-order valence-corrected chi connectivity index (χ2v) is 4.60. The number of allylic oxidation sites excluding steroid dienone is 5. The lowest BCUT2D eigenvalue weighted by atomic mass is 10.1. The fraction of sp³-hybridized carbons (Fsp3) is 0.176. The molecule has 0 aliphatic carbocycles. The average Bonchev–Trinajstić information content (AvgIpc) is 2.35. The van der Waals surface area contributed by atoms with E-state index in [1.807, 2.05) is 26.0 Å². The van der Waals surface area contributed by atoms with Gasteiger partial charge in [-0.25, -0.2) is 0 Å². The van der Waals surface area contributed by atoms with Crippen molar-refractivity contribution in [1.29, 1.82) is 0 Å². The Kier molecular flexibility index (Phi) is 9.03. The van der Waals surface area contributed by atoms with Crippen LogP contribution in [0.15, 0.2) is 36.0 Å². The first kappa shape index (κ1) is 17.1. The third-order valence-corrected chi connectivity index (χ3v) is 2.31. The molecule has 0 rings (SSSR count). The van der Waals surface area contributed by atoms with E-state index >= 15 is 0 Å². The first-order valence-electron chi connectivity index (χ1n) is 5.52. The van der Waals surface area contributed by atoms with Crippen molar-refractivity contribution in [3.8, 4) is 35.5 Å². The molecule has 0 aromatic rings. The third kappa shape index (κ3) is 7.91. The predicted octanol–water partition coefficient (Wildman–Crippen LogP) is 3.83. The third-order valence-electron chi connectivity index (χ3n) is 1.87. The molecule has 0 aliphatic heterocycles. The van der Waals surface area contributed by atoms with E-state index in [1.54, 1.807) is 6.92 Å². The summed E-state index contributed by atoms with van der Waals surface area (Å²) in [6.07, 6.45) is 5.16. The van der Waals surface area contributed by atoms with E-state index in [0.717, 1.165) is 11.1 Å². The highest BCUT2D eigenvalue weighted by atomic mass is 32.1. The summed E-state index contributed by atoms with van der Waals surface area (Å²) in [5.41, 5.74) is 1.50. The Labute approximate surface area is 126 Å². The van der Waals surface area contributed by atoms with Crippen molar-refractivity contribution in [1.82, 2.24) is 0 Å². The smallest absolute Gasteiger partial charge is 0.0392 e. The van der Waals surface area contributed by atoms with Gasteiger partial charge in [-0.1, -0.05) is 54.7 Å². The summed E-state index contributed by atoms with van der Waals surface area (Å²) in [5.74, 6) is 16.7. The van der Waals surface area contributed by atoms with Gasteiger partial charge in [-0.05, 0) is 50.8 Å². The summed E-state index contributed by atoms with van der Waals surface area (Å²) in [6.45, 7) is 8.93. The molecule has 0 saturated heterocycles. The minimum atomic E-state index is 0.708. The van der Waals surface area contributed by atoms with Crippen LogP contribution >= 0.6 is 24.4 Å². The summed E-state index contributed by atoms with van der Waals surface area (Å²) >= 11 is 10.3. The molecule has 0 spiro atoms. The molecule has 0 fully saturated rings. The molecule has 94 valence electrons. The molecule has 0 amide bonds. The molecule has 0 N–H and O–H groups in total. The molecular formula is C17H14S2. The Morgan fingerprint density at radius 3 is 1.89 bits per heavy atom. The zero-order chi connectivity index (χ0) is 14.7. The van der Waals surface area contributed by atoms with E-state index in [2.05, 4.69) is 42.1 Å². The van der Waals surface area contributed by atoms with Gasteiger partial charge in [-0.15, -0.1) is 0 Å². The van der Waals surface area contributed by atoms with Gasteiger partial charge < -0.3 is 0 Å². The lowest BCUT2D eigenvalue weighted by Gasteiger charge is -1.95. The van der Waals surface area contributed by atoms with Crippen molar-refractivity contribution in [2.45, 2.75) is 20.8 Å². The van der Waals surface area contributed by atoms with Crippen molar-refractivity contribution in [3.05, 3.63) is 36.0 Å². The maximum Gasteiger partial charge on any atom is 0.0392 e. The van der Waals surface area contributed by atoms with E-state index in [0.29, 0.717) is 9.73 Å². The van der Waals surface area contributed by atoms with Crippen molar-refractivity contribution in [2.75, 3.05) is 0 Å². The Hall–Kier alpha value is -1.92. The Balaban J connectivity index is 5.50. The van der Waals surface area contributed by atoms with Crippen LogP contribution < -0.4 is 0 Å². The van der Waals surface area contributed by atoms with Gasteiger partial charge in [0.2, 0.25) is 0 Å². The van der Waals surface area contributed by atoms with Crippen LogP contribution in [0, 0.1) is 35.5 Å². The summed E-state index contributed by atoms with van der Waals surface area (Å²) in [4.78, 5) is 1.42. The van der Waals surface area contributed by atoms with E-state index in [1.165, 1.54) is 6.08 Å². The van der Waals surface area contributed by atoms with Gasteiger partial charge >= 0.3 is 0 Å². The molecular weight excluding hydrogens is 268 g/mol. The normalized spacial score (nSPS) is 9.84. The topological polar surface area (TPSA) is 0 Å². The van der Waals surface area contributed by atoms with Gasteiger partial charge in [-0.2, -0.15) is 0 Å². The number of hydrogen-bond donors (Lipinski definition) is 0. The van der Waals surface area contributed by atoms with Crippen LogP contribution in [0.3, 0.4) is 0 Å². The quantitative estimate of drug-likeness (QED) is 0.334. The van der Waals surface area contributed by atoms with Crippen LogP contribution in [0.5, 0.6) is 0 Å². The molecule has 0 aliphatic rings. The lowest BCUT2D eigenvalue weighted by molar-refractivity contribution is 1.77. The van der Waals surface area contributed by atoms with E-state index in [9.17, 15) is 0 Å². The van der Waals surface area contributed by atoms with Gasteiger partial charge in [0.25, 0.3) is 0 Å². The molecule has 0 heterocycles. The summed E-state index contributed by atoms with van der Waals surface area (Å²) < 4.78 is 0. The van der Waals surface area contributed by atoms with Crippen LogP contribution in [0.4, 0.5) is 0 Å². The second-order valence-electron chi connectivity index (χ2n) is 3.37. The monoisotopic (exact) mass is 282 g/mol. The Morgan fingerprint density at radius 1 is 0.947 bits per heavy atom. The standard InChI is InChI=1S/C17H14S2/c1-5-7-9-11-17(15(4)19)13-12-16(14(3)18)10-8-6-2/h6,12-13H,2H2,1,3-4H3/b16-12-,17-13-. The molecule has 0 unspecified atom stereocenters. The van der Waals surface area contributed by atoms with E-state index < -0.39 is 0 Å². The second kappa shape index (κ2) is 10.0. The molecule has 0 atom stereocenters. The van der Waals surface area contributed by atoms with Crippen LogP contribution in [0.1, 0.15) is 20.8 Å². The summed E-state index contributed by atoms with van der Waals surface area (Å²) in [5, 5.41) is 0. The van der Waals surface area contributed by atoms with Crippen LogP contribution in [-0.2, 0) is 0 Å². The van der Waals surface area contributed by atoms with Crippen molar-refractivity contribution in [2.24, 2.45) is 0 Å². The number of hydrogen-bond acceptors (Lipinski definition) is 2. The SMILES string of the molecule is C=CC#C/C(=C/C=C(/C#CC#CC)C(C)=S)C(C)=S. The predicted molar refractivity (Wildman–Crippen MR) is 91.9 cm³/mol. The van der Waals surface area contributed by atoms with Crippen LogP contribution in [0.25, 0.3) is 0 Å². The highest BCUT2D eigenvalue weighted by Crippen LogP contribution is 2.03. The van der Waals surface area contributed by atoms with Crippen molar-refractivity contribution < 1.29 is 0 Å². The molecule has 0 aromatic heterocycles. The Morgan fingerprint density at radius 2 is 1.47 bits per heavy atom. The van der Waals surface area contributed by atoms with E-state index in [4.69, 9.17) is 24.4 Å². The summed E-state index contributed by atoms with van der Waals surface area (Å²) in [7, 11) is 0. The molecule has 19 heavy (non-hydrogen) atoms. The lowest BCUT2D eigenvalue weighted by Crippen LogP contribution is -1.93. The summed E-state index contributed by atoms with van der Waals surface area (Å²) in [6, 6.07) is 0. The minimum absolute atomic E-state index is 0.708. The number of rotatable bonds is 3. The van der Waals surface area contributed by atoms with Gasteiger partial charge in [-0.3, -0.25) is 0 Å². The highest BCUT2D eigenvalue weighted by Gasteiger charge is 1.96. The number of thiocarbonyl (C=S) groups is 2. The van der Waals surface area contributed by atoms with Gasteiger partial charge in [0, 0.05) is 20.9 Å². The minimum Gasteiger partial charge on any atom is -0.0925 e. The molecule has 0 aromatic carbocycles.